The number of rotatable bonds is 5. The van der Waals surface area contributed by atoms with Gasteiger partial charge in [-0.05, 0) is 171 Å². The van der Waals surface area contributed by atoms with E-state index < -0.39 is 0 Å². The summed E-state index contributed by atoms with van der Waals surface area (Å²) in [4.78, 5) is 38.4. The van der Waals surface area contributed by atoms with E-state index in [4.69, 9.17) is 9.72 Å². The number of H-pyrrole nitrogens is 1. The van der Waals surface area contributed by atoms with Gasteiger partial charge in [0.25, 0.3) is 0 Å². The zero-order valence-corrected chi connectivity index (χ0v) is 33.5. The van der Waals surface area contributed by atoms with Crippen LogP contribution in [0.3, 0.4) is 0 Å². The first-order valence-corrected chi connectivity index (χ1v) is 21.4. The van der Waals surface area contributed by atoms with Crippen molar-refractivity contribution in [1.82, 2.24) is 14.9 Å². The van der Waals surface area contributed by atoms with Gasteiger partial charge in [-0.15, -0.1) is 0 Å². The molecule has 1 aliphatic heterocycles. The predicted molar refractivity (Wildman–Crippen MR) is 205 cm³/mol. The van der Waals surface area contributed by atoms with Crippen LogP contribution < -0.4 is 0 Å². The van der Waals surface area contributed by atoms with Gasteiger partial charge in [-0.1, -0.05) is 41.5 Å². The van der Waals surface area contributed by atoms with Crippen molar-refractivity contribution < 1.29 is 18.7 Å². The third-order valence-corrected chi connectivity index (χ3v) is 18.6. The number of aromatic amines is 1. The summed E-state index contributed by atoms with van der Waals surface area (Å²) < 4.78 is 19.7. The molecular weight excluding hydrogens is 662 g/mol. The number of imidazole rings is 1. The Balaban J connectivity index is 1.03. The fraction of sp³-hybridized carbons (Fsp3) is 0.761. The Morgan fingerprint density at radius 3 is 2.28 bits per heavy atom. The maximum atomic E-state index is 15.6. The summed E-state index contributed by atoms with van der Waals surface area (Å²) in [6.07, 6.45) is 17.8. The number of benzene rings is 1. The quantitative estimate of drug-likeness (QED) is 0.311. The molecule has 2 aromatic rings. The van der Waals surface area contributed by atoms with Gasteiger partial charge in [0, 0.05) is 18.9 Å². The molecule has 6 nitrogen and oxygen atoms in total. The van der Waals surface area contributed by atoms with E-state index in [1.807, 2.05) is 6.20 Å². The SMILES string of the molecule is CC(=O)O[C@H]1CC[C@]2(C)[C@H]3CC[C@@H]4[C@H]5[C@H](C6(C)CC6)CC[C@]5(C(=O)N5CCC[C@H]5c5ncc(-c6ccc(F)cc6)[nH]5)CC[C@@]4(C)[C@]3(C)CC[C@H]2C1(C)C. The minimum absolute atomic E-state index is 0.000657. The minimum Gasteiger partial charge on any atom is -0.462 e. The normalized spacial score (nSPS) is 43.6. The number of esters is 1. The number of carbonyl (C=O) groups is 2. The Morgan fingerprint density at radius 2 is 1.57 bits per heavy atom. The fourth-order valence-corrected chi connectivity index (χ4v) is 15.6. The maximum Gasteiger partial charge on any atom is 0.302 e. The van der Waals surface area contributed by atoms with E-state index in [1.54, 1.807) is 19.1 Å². The molecule has 1 amide bonds. The van der Waals surface area contributed by atoms with Crippen LogP contribution in [0.5, 0.6) is 0 Å². The molecule has 7 fully saturated rings. The second kappa shape index (κ2) is 11.9. The highest BCUT2D eigenvalue weighted by atomic mass is 19.1. The Bertz CT molecular complexity index is 1780. The number of hydrogen-bond acceptors (Lipinski definition) is 4. The summed E-state index contributed by atoms with van der Waals surface area (Å²) in [5, 5.41) is 0. The number of hydrogen-bond donors (Lipinski definition) is 1. The van der Waals surface area contributed by atoms with Crippen LogP contribution >= 0.6 is 0 Å². The number of carbonyl (C=O) groups excluding carboxylic acids is 2. The van der Waals surface area contributed by atoms with Crippen molar-refractivity contribution in [2.24, 2.45) is 62.1 Å². The van der Waals surface area contributed by atoms with Crippen LogP contribution in [0, 0.1) is 67.9 Å². The van der Waals surface area contributed by atoms with Crippen molar-refractivity contribution in [3.63, 3.8) is 0 Å². The van der Waals surface area contributed by atoms with Crippen molar-refractivity contribution in [3.05, 3.63) is 42.1 Å². The molecule has 6 aliphatic carbocycles. The highest BCUT2D eigenvalue weighted by Crippen LogP contribution is 2.79. The smallest absolute Gasteiger partial charge is 0.302 e. The van der Waals surface area contributed by atoms with Crippen molar-refractivity contribution in [2.45, 2.75) is 151 Å². The molecule has 2 heterocycles. The van der Waals surface area contributed by atoms with Crippen molar-refractivity contribution >= 4 is 11.9 Å². The highest BCUT2D eigenvalue weighted by molar-refractivity contribution is 5.84. The van der Waals surface area contributed by atoms with E-state index in [-0.39, 0.29) is 51.0 Å². The van der Waals surface area contributed by atoms with Crippen LogP contribution in [0.1, 0.15) is 150 Å². The van der Waals surface area contributed by atoms with Gasteiger partial charge < -0.3 is 14.6 Å². The first-order valence-electron chi connectivity index (χ1n) is 21.4. The largest absolute Gasteiger partial charge is 0.462 e. The first-order chi connectivity index (χ1) is 25.1. The Kier molecular flexibility index (Phi) is 8.08. The molecule has 0 radical (unpaired) electrons. The average molecular weight is 726 g/mol. The molecule has 7 heteroatoms. The number of fused-ring (bicyclic) bond motifs is 7. The van der Waals surface area contributed by atoms with Crippen molar-refractivity contribution in [1.29, 1.82) is 0 Å². The Labute approximate surface area is 317 Å². The van der Waals surface area contributed by atoms with E-state index in [0.717, 1.165) is 68.6 Å². The zero-order chi connectivity index (χ0) is 37.3. The van der Waals surface area contributed by atoms with Crippen molar-refractivity contribution in [3.8, 4) is 11.3 Å². The third-order valence-electron chi connectivity index (χ3n) is 18.6. The summed E-state index contributed by atoms with van der Waals surface area (Å²) in [6, 6.07) is 6.53. The number of amides is 1. The Hall–Kier alpha value is -2.70. The van der Waals surface area contributed by atoms with E-state index in [1.165, 1.54) is 57.1 Å². The number of aromatic nitrogens is 2. The second-order valence-corrected chi connectivity index (χ2v) is 21.0. The molecular formula is C46H64FN3O3. The number of nitrogens with zero attached hydrogens (tertiary/aromatic N) is 2. The first kappa shape index (κ1) is 36.0. The van der Waals surface area contributed by atoms with Gasteiger partial charge >= 0.3 is 5.97 Å². The van der Waals surface area contributed by atoms with Gasteiger partial charge in [0.2, 0.25) is 5.91 Å². The van der Waals surface area contributed by atoms with Gasteiger partial charge in [0.05, 0.1) is 23.3 Å². The molecule has 0 bridgehead atoms. The lowest BCUT2D eigenvalue weighted by Gasteiger charge is -2.73. The Morgan fingerprint density at radius 1 is 0.811 bits per heavy atom. The number of likely N-dealkylation sites (tertiary alicyclic amines) is 1. The van der Waals surface area contributed by atoms with E-state index in [0.29, 0.717) is 40.9 Å². The lowest BCUT2D eigenvalue weighted by Crippen LogP contribution is -2.67. The van der Waals surface area contributed by atoms with Gasteiger partial charge in [0.1, 0.15) is 17.7 Å². The predicted octanol–water partition coefficient (Wildman–Crippen LogP) is 10.7. The van der Waals surface area contributed by atoms with Gasteiger partial charge in [-0.3, -0.25) is 9.59 Å². The van der Waals surface area contributed by atoms with Gasteiger partial charge in [0.15, 0.2) is 0 Å². The molecule has 1 N–H and O–H groups in total. The summed E-state index contributed by atoms with van der Waals surface area (Å²) in [5.41, 5.74) is 2.48. The summed E-state index contributed by atoms with van der Waals surface area (Å²) >= 11 is 0. The summed E-state index contributed by atoms with van der Waals surface area (Å²) in [5.74, 6) is 3.71. The molecule has 1 aromatic carbocycles. The molecule has 0 spiro atoms. The highest BCUT2D eigenvalue weighted by Gasteiger charge is 2.74. The third kappa shape index (κ3) is 5.02. The van der Waals surface area contributed by atoms with E-state index in [2.05, 4.69) is 51.4 Å². The average Bonchev–Trinajstić information content (AvgIpc) is 3.50. The van der Waals surface area contributed by atoms with Crippen LogP contribution in [-0.4, -0.2) is 39.4 Å². The van der Waals surface area contributed by atoms with Gasteiger partial charge in [-0.2, -0.15) is 0 Å². The molecule has 0 unspecified atom stereocenters. The maximum absolute atomic E-state index is 15.6. The lowest BCUT2D eigenvalue weighted by atomic mass is 9.32. The molecule has 11 atom stereocenters. The summed E-state index contributed by atoms with van der Waals surface area (Å²) in [7, 11) is 0. The van der Waals surface area contributed by atoms with E-state index >= 15 is 4.79 Å². The van der Waals surface area contributed by atoms with E-state index in [9.17, 15) is 9.18 Å². The van der Waals surface area contributed by atoms with Crippen LogP contribution in [0.25, 0.3) is 11.3 Å². The standard InChI is InChI=1S/C46H64FN3O3/c1-28(51)53-37-18-19-43(5)35(41(37,2)3)17-20-45(7)36(43)15-14-32-38-31(42(4)22-23-42)16-21-46(38,25-24-44(32,45)6)40(52)50-26-8-9-34(50)39-48-27-33(49-39)29-10-12-30(47)13-11-29/h10-13,27,31-32,34-38H,8-9,14-26H2,1-7H3,(H,48,49)/t31-,32-,34+,35+,36-,37+,38-,43+,44-,45-,46+/m1/s1. The lowest BCUT2D eigenvalue weighted by molar-refractivity contribution is -0.251. The molecule has 1 saturated heterocycles. The molecule has 288 valence electrons. The molecule has 53 heavy (non-hydrogen) atoms. The number of nitrogens with one attached hydrogen (secondary N) is 1. The number of halogens is 1. The monoisotopic (exact) mass is 725 g/mol. The number of ether oxygens (including phenoxy) is 1. The molecule has 9 rings (SSSR count). The second-order valence-electron chi connectivity index (χ2n) is 21.0. The van der Waals surface area contributed by atoms with Crippen LogP contribution in [0.15, 0.2) is 30.5 Å². The molecule has 7 aliphatic rings. The molecule has 6 saturated carbocycles. The van der Waals surface area contributed by atoms with Crippen molar-refractivity contribution in [2.75, 3.05) is 6.54 Å². The fourth-order valence-electron chi connectivity index (χ4n) is 15.6. The molecule has 1 aromatic heterocycles. The van der Waals surface area contributed by atoms with Gasteiger partial charge in [-0.25, -0.2) is 9.37 Å². The van der Waals surface area contributed by atoms with Crippen LogP contribution in [-0.2, 0) is 14.3 Å². The topological polar surface area (TPSA) is 75.3 Å². The zero-order valence-electron chi connectivity index (χ0n) is 33.5. The summed E-state index contributed by atoms with van der Waals surface area (Å²) in [6.45, 7) is 17.7. The van der Waals surface area contributed by atoms with Crippen LogP contribution in [0.2, 0.25) is 0 Å². The van der Waals surface area contributed by atoms with Crippen LogP contribution in [0.4, 0.5) is 4.39 Å². The minimum atomic E-state index is -0.288.